The van der Waals surface area contributed by atoms with Crippen molar-refractivity contribution in [2.75, 3.05) is 10.6 Å². The quantitative estimate of drug-likeness (QED) is 0.235. The average Bonchev–Trinajstić information content (AvgIpc) is 3.48. The van der Waals surface area contributed by atoms with Crippen molar-refractivity contribution in [2.24, 2.45) is 0 Å². The van der Waals surface area contributed by atoms with Crippen molar-refractivity contribution in [1.82, 2.24) is 25.3 Å². The third-order valence-electron chi connectivity index (χ3n) is 5.85. The highest BCUT2D eigenvalue weighted by molar-refractivity contribution is 5.59. The summed E-state index contributed by atoms with van der Waals surface area (Å²) in [6.45, 7) is 0.767. The van der Waals surface area contributed by atoms with Crippen LogP contribution in [-0.2, 0) is 13.2 Å². The van der Waals surface area contributed by atoms with Crippen molar-refractivity contribution in [3.63, 3.8) is 0 Å². The smallest absolute Gasteiger partial charge is 0.228 e. The Morgan fingerprint density at radius 3 is 2.53 bits per heavy atom. The highest BCUT2D eigenvalue weighted by atomic mass is 16.5. The Morgan fingerprint density at radius 1 is 0.917 bits per heavy atom. The zero-order valence-corrected chi connectivity index (χ0v) is 19.5. The van der Waals surface area contributed by atoms with Crippen LogP contribution in [0.4, 0.5) is 17.6 Å². The normalized spacial score (nSPS) is 12.9. The Kier molecular flexibility index (Phi) is 6.01. The molecule has 6 rings (SSSR count). The van der Waals surface area contributed by atoms with Crippen LogP contribution in [-0.4, -0.2) is 25.3 Å². The Hall–Kier alpha value is -4.66. The van der Waals surface area contributed by atoms with E-state index >= 15 is 0 Å². The highest BCUT2D eigenvalue weighted by Gasteiger charge is 2.25. The van der Waals surface area contributed by atoms with Gasteiger partial charge in [0, 0.05) is 35.4 Å². The van der Waals surface area contributed by atoms with Crippen molar-refractivity contribution in [2.45, 2.75) is 31.9 Å². The second kappa shape index (κ2) is 9.91. The summed E-state index contributed by atoms with van der Waals surface area (Å²) in [7, 11) is 0. The minimum atomic E-state index is 0.371. The molecule has 0 unspecified atom stereocenters. The fraction of sp³-hybridized carbons (Fsp3) is 0.185. The molecule has 3 aromatic heterocycles. The largest absolute Gasteiger partial charge is 0.473 e. The molecular weight excluding hydrogens is 454 g/mol. The van der Waals surface area contributed by atoms with Gasteiger partial charge in [-0.05, 0) is 18.4 Å². The monoisotopic (exact) mass is 479 g/mol. The SMILES string of the molecule is c1ccc(COc2cc(Nc3cc(C4CC4)[nH]n3)nc(NCc3cc(-c4ccccc4)no3)n2)cc1. The van der Waals surface area contributed by atoms with Crippen LogP contribution in [0.15, 0.2) is 83.4 Å². The van der Waals surface area contributed by atoms with Crippen LogP contribution < -0.4 is 15.4 Å². The van der Waals surface area contributed by atoms with E-state index in [0.29, 0.717) is 48.3 Å². The molecule has 3 N–H and O–H groups in total. The van der Waals surface area contributed by atoms with E-state index in [1.54, 1.807) is 6.07 Å². The number of aromatic nitrogens is 5. The maximum absolute atomic E-state index is 5.98. The minimum Gasteiger partial charge on any atom is -0.473 e. The molecule has 3 heterocycles. The minimum absolute atomic E-state index is 0.371. The van der Waals surface area contributed by atoms with E-state index in [-0.39, 0.29) is 0 Å². The summed E-state index contributed by atoms with van der Waals surface area (Å²) in [4.78, 5) is 9.14. The molecular formula is C27H25N7O2. The Labute approximate surface area is 207 Å². The van der Waals surface area contributed by atoms with Gasteiger partial charge in [-0.25, -0.2) is 0 Å². The first-order valence-electron chi connectivity index (χ1n) is 11.9. The molecule has 9 heteroatoms. The standard InChI is InChI=1S/C27H25N7O2/c1-3-7-18(8-4-1)17-35-26-15-24(29-25-14-22(32-33-25)20-11-12-20)30-27(31-26)28-16-21-13-23(34-36-21)19-9-5-2-6-10-19/h1-10,13-15,20H,11-12,16-17H2,(H3,28,29,30,31,32,33). The number of anilines is 3. The van der Waals surface area contributed by atoms with Gasteiger partial charge in [-0.3, -0.25) is 5.10 Å². The number of benzene rings is 2. The molecule has 0 radical (unpaired) electrons. The van der Waals surface area contributed by atoms with E-state index in [2.05, 4.69) is 36.0 Å². The molecule has 36 heavy (non-hydrogen) atoms. The first kappa shape index (κ1) is 21.8. The van der Waals surface area contributed by atoms with Gasteiger partial charge < -0.3 is 19.9 Å². The van der Waals surface area contributed by atoms with Crippen LogP contribution in [0.1, 0.15) is 35.8 Å². The van der Waals surface area contributed by atoms with Gasteiger partial charge in [0.2, 0.25) is 11.8 Å². The predicted molar refractivity (Wildman–Crippen MR) is 136 cm³/mol. The number of nitrogens with zero attached hydrogens (tertiary/aromatic N) is 4. The summed E-state index contributed by atoms with van der Waals surface area (Å²) in [5, 5.41) is 18.1. The third kappa shape index (κ3) is 5.35. The van der Waals surface area contributed by atoms with E-state index in [4.69, 9.17) is 9.26 Å². The molecule has 1 fully saturated rings. The molecule has 2 aromatic carbocycles. The first-order chi connectivity index (χ1) is 17.8. The summed E-state index contributed by atoms with van der Waals surface area (Å²) in [5.74, 6) is 3.38. The second-order valence-electron chi connectivity index (χ2n) is 8.70. The van der Waals surface area contributed by atoms with Gasteiger partial charge in [-0.15, -0.1) is 0 Å². The van der Waals surface area contributed by atoms with Crippen molar-refractivity contribution >= 4 is 17.6 Å². The van der Waals surface area contributed by atoms with Crippen LogP contribution in [0, 0.1) is 0 Å². The van der Waals surface area contributed by atoms with Gasteiger partial charge in [0.25, 0.3) is 0 Å². The van der Waals surface area contributed by atoms with Crippen LogP contribution in [0.5, 0.6) is 5.88 Å². The molecule has 0 aliphatic heterocycles. The number of rotatable bonds is 10. The first-order valence-corrected chi connectivity index (χ1v) is 11.9. The molecule has 5 aromatic rings. The number of H-pyrrole nitrogens is 1. The summed E-state index contributed by atoms with van der Waals surface area (Å²) in [5.41, 5.74) is 3.97. The van der Waals surface area contributed by atoms with E-state index in [9.17, 15) is 0 Å². The van der Waals surface area contributed by atoms with Gasteiger partial charge in [-0.1, -0.05) is 65.8 Å². The van der Waals surface area contributed by atoms with Crippen molar-refractivity contribution in [3.05, 3.63) is 95.9 Å². The molecule has 1 saturated carbocycles. The lowest BCUT2D eigenvalue weighted by molar-refractivity contribution is 0.294. The average molecular weight is 480 g/mol. The van der Waals surface area contributed by atoms with E-state index in [1.807, 2.05) is 72.8 Å². The maximum Gasteiger partial charge on any atom is 0.228 e. The van der Waals surface area contributed by atoms with Crippen LogP contribution >= 0.6 is 0 Å². The summed E-state index contributed by atoms with van der Waals surface area (Å²) >= 11 is 0. The molecule has 0 bridgehead atoms. The van der Waals surface area contributed by atoms with Crippen molar-refractivity contribution in [3.8, 4) is 17.1 Å². The number of hydrogen-bond acceptors (Lipinski definition) is 8. The summed E-state index contributed by atoms with van der Waals surface area (Å²) < 4.78 is 11.5. The fourth-order valence-corrected chi connectivity index (χ4v) is 3.82. The molecule has 1 aliphatic rings. The lowest BCUT2D eigenvalue weighted by Gasteiger charge is -2.11. The number of nitrogens with one attached hydrogen (secondary N) is 3. The van der Waals surface area contributed by atoms with Gasteiger partial charge in [-0.2, -0.15) is 15.1 Å². The van der Waals surface area contributed by atoms with Crippen molar-refractivity contribution in [1.29, 1.82) is 0 Å². The van der Waals surface area contributed by atoms with E-state index in [0.717, 1.165) is 22.5 Å². The number of aromatic amines is 1. The zero-order valence-electron chi connectivity index (χ0n) is 19.5. The number of ether oxygens (including phenoxy) is 1. The second-order valence-corrected chi connectivity index (χ2v) is 8.70. The van der Waals surface area contributed by atoms with E-state index < -0.39 is 0 Å². The Balaban J connectivity index is 1.19. The molecule has 0 amide bonds. The number of hydrogen-bond donors (Lipinski definition) is 3. The molecule has 1 aliphatic carbocycles. The Morgan fingerprint density at radius 2 is 1.72 bits per heavy atom. The molecule has 180 valence electrons. The molecule has 0 atom stereocenters. The molecule has 0 saturated heterocycles. The topological polar surface area (TPSA) is 114 Å². The van der Waals surface area contributed by atoms with Crippen LogP contribution in [0.3, 0.4) is 0 Å². The molecule has 0 spiro atoms. The molecule has 9 nitrogen and oxygen atoms in total. The van der Waals surface area contributed by atoms with E-state index in [1.165, 1.54) is 12.8 Å². The summed E-state index contributed by atoms with van der Waals surface area (Å²) in [6, 6.07) is 25.6. The predicted octanol–water partition coefficient (Wildman–Crippen LogP) is 5.67. The fourth-order valence-electron chi connectivity index (χ4n) is 3.82. The highest BCUT2D eigenvalue weighted by Crippen LogP contribution is 2.39. The van der Waals surface area contributed by atoms with Crippen molar-refractivity contribution < 1.29 is 9.26 Å². The van der Waals surface area contributed by atoms with Crippen LogP contribution in [0.25, 0.3) is 11.3 Å². The van der Waals surface area contributed by atoms with Gasteiger partial charge in [0.05, 0.1) is 6.54 Å². The lowest BCUT2D eigenvalue weighted by Crippen LogP contribution is -2.07. The van der Waals surface area contributed by atoms with Gasteiger partial charge in [0.1, 0.15) is 18.1 Å². The van der Waals surface area contributed by atoms with Gasteiger partial charge >= 0.3 is 0 Å². The van der Waals surface area contributed by atoms with Gasteiger partial charge in [0.15, 0.2) is 11.6 Å². The Bertz CT molecular complexity index is 1430. The summed E-state index contributed by atoms with van der Waals surface area (Å²) in [6.07, 6.45) is 2.41. The zero-order chi connectivity index (χ0) is 24.2. The van der Waals surface area contributed by atoms with Crippen LogP contribution in [0.2, 0.25) is 0 Å². The third-order valence-corrected chi connectivity index (χ3v) is 5.85. The lowest BCUT2D eigenvalue weighted by atomic mass is 10.1. The maximum atomic E-state index is 5.98.